The van der Waals surface area contributed by atoms with Crippen molar-refractivity contribution in [1.82, 2.24) is 0 Å². The van der Waals surface area contributed by atoms with Crippen molar-refractivity contribution in [3.05, 3.63) is 29.3 Å². The minimum atomic E-state index is -4.45. The van der Waals surface area contributed by atoms with E-state index in [-0.39, 0.29) is 5.75 Å². The van der Waals surface area contributed by atoms with Gasteiger partial charge in [0.25, 0.3) is 0 Å². The first-order valence-electron chi connectivity index (χ1n) is 5.79. The van der Waals surface area contributed by atoms with Crippen LogP contribution in [0.25, 0.3) is 0 Å². The van der Waals surface area contributed by atoms with Gasteiger partial charge in [0.15, 0.2) is 0 Å². The molecule has 0 saturated heterocycles. The molecule has 0 fully saturated rings. The molecule has 0 spiro atoms. The minimum absolute atomic E-state index is 0.199. The third-order valence-electron chi connectivity index (χ3n) is 2.72. The van der Waals surface area contributed by atoms with E-state index in [1.54, 1.807) is 18.2 Å². The van der Waals surface area contributed by atoms with E-state index in [9.17, 15) is 13.2 Å². The van der Waals surface area contributed by atoms with E-state index in [0.717, 1.165) is 11.1 Å². The van der Waals surface area contributed by atoms with Gasteiger partial charge >= 0.3 is 6.18 Å². The molecule has 102 valence electrons. The third-order valence-corrected chi connectivity index (χ3v) is 2.72. The molecule has 1 rings (SSSR count). The number of alkyl halides is 3. The van der Waals surface area contributed by atoms with E-state index in [1.165, 1.54) is 0 Å². The zero-order valence-electron chi connectivity index (χ0n) is 10.7. The third kappa shape index (κ3) is 3.63. The predicted octanol–water partition coefficient (Wildman–Crippen LogP) is 3.39. The zero-order valence-corrected chi connectivity index (χ0v) is 10.7. The Kier molecular flexibility index (Phi) is 4.62. The maximum atomic E-state index is 12.5. The van der Waals surface area contributed by atoms with Crippen molar-refractivity contribution in [1.29, 1.82) is 0 Å². The van der Waals surface area contributed by atoms with Crippen molar-refractivity contribution in [2.75, 3.05) is 6.54 Å². The van der Waals surface area contributed by atoms with Gasteiger partial charge in [-0.15, -0.1) is 0 Å². The maximum Gasteiger partial charge on any atom is 0.426 e. The van der Waals surface area contributed by atoms with Crippen LogP contribution in [0, 0.1) is 6.92 Å². The van der Waals surface area contributed by atoms with Crippen LogP contribution >= 0.6 is 0 Å². The van der Waals surface area contributed by atoms with Crippen molar-refractivity contribution in [2.24, 2.45) is 5.73 Å². The largest absolute Gasteiger partial charge is 0.480 e. The quantitative estimate of drug-likeness (QED) is 0.901. The summed E-state index contributed by atoms with van der Waals surface area (Å²) in [6.45, 7) is 5.32. The van der Waals surface area contributed by atoms with Gasteiger partial charge in [-0.25, -0.2) is 0 Å². The molecular formula is C13H18F3NO. The van der Waals surface area contributed by atoms with Crippen LogP contribution in [0.2, 0.25) is 0 Å². The average Bonchev–Trinajstić information content (AvgIpc) is 2.23. The molecule has 1 unspecified atom stereocenters. The molecule has 1 atom stereocenters. The Morgan fingerprint density at radius 2 is 1.89 bits per heavy atom. The summed E-state index contributed by atoms with van der Waals surface area (Å²) in [6.07, 6.45) is -6.40. The van der Waals surface area contributed by atoms with Crippen molar-refractivity contribution in [3.8, 4) is 5.75 Å². The second kappa shape index (κ2) is 5.61. The number of hydrogen-bond donors (Lipinski definition) is 1. The van der Waals surface area contributed by atoms with E-state index in [2.05, 4.69) is 0 Å². The van der Waals surface area contributed by atoms with Gasteiger partial charge in [0, 0.05) is 6.54 Å². The minimum Gasteiger partial charge on any atom is -0.480 e. The Morgan fingerprint density at radius 1 is 1.28 bits per heavy atom. The van der Waals surface area contributed by atoms with Crippen LogP contribution in [0.1, 0.15) is 30.9 Å². The highest BCUT2D eigenvalue weighted by atomic mass is 19.4. The summed E-state index contributed by atoms with van der Waals surface area (Å²) in [5.41, 5.74) is 7.09. The second-order valence-corrected chi connectivity index (χ2v) is 4.56. The molecule has 1 aromatic rings. The molecule has 0 saturated carbocycles. The second-order valence-electron chi connectivity index (χ2n) is 4.56. The fourth-order valence-electron chi connectivity index (χ4n) is 1.78. The first-order valence-corrected chi connectivity index (χ1v) is 5.79. The highest BCUT2D eigenvalue weighted by Crippen LogP contribution is 2.27. The van der Waals surface area contributed by atoms with Crippen molar-refractivity contribution in [2.45, 2.75) is 39.0 Å². The first kappa shape index (κ1) is 14.8. The van der Waals surface area contributed by atoms with Gasteiger partial charge in [-0.3, -0.25) is 0 Å². The summed E-state index contributed by atoms with van der Waals surface area (Å²) in [5, 5.41) is 0. The number of hydrogen-bond acceptors (Lipinski definition) is 2. The number of rotatable bonds is 4. The molecule has 0 radical (unpaired) electrons. The van der Waals surface area contributed by atoms with Gasteiger partial charge in [-0.2, -0.15) is 13.2 Å². The maximum absolute atomic E-state index is 12.5. The smallest absolute Gasteiger partial charge is 0.426 e. The number of halogens is 3. The standard InChI is InChI=1S/C13H18F3NO/c1-8(2)11-5-4-10(6-9(11)3)18-12(7-17)13(14,15)16/h4-6,8,12H,7,17H2,1-3H3. The Bertz CT molecular complexity index is 402. The van der Waals surface area contributed by atoms with Gasteiger partial charge in [0.05, 0.1) is 0 Å². The lowest BCUT2D eigenvalue weighted by molar-refractivity contribution is -0.191. The molecule has 0 heterocycles. The van der Waals surface area contributed by atoms with Crippen LogP contribution in [0.4, 0.5) is 13.2 Å². The highest BCUT2D eigenvalue weighted by Gasteiger charge is 2.40. The molecule has 5 heteroatoms. The van der Waals surface area contributed by atoms with Crippen LogP contribution in [-0.2, 0) is 0 Å². The van der Waals surface area contributed by atoms with E-state index in [4.69, 9.17) is 10.5 Å². The monoisotopic (exact) mass is 261 g/mol. The fourth-order valence-corrected chi connectivity index (χ4v) is 1.78. The molecule has 0 aliphatic heterocycles. The normalized spacial score (nSPS) is 13.8. The topological polar surface area (TPSA) is 35.2 Å². The predicted molar refractivity (Wildman–Crippen MR) is 64.8 cm³/mol. The van der Waals surface area contributed by atoms with Crippen LogP contribution in [0.15, 0.2) is 18.2 Å². The molecule has 0 aliphatic rings. The first-order chi connectivity index (χ1) is 8.25. The molecule has 0 bridgehead atoms. The summed E-state index contributed by atoms with van der Waals surface area (Å²) in [4.78, 5) is 0. The summed E-state index contributed by atoms with van der Waals surface area (Å²) in [5.74, 6) is 0.525. The molecule has 0 amide bonds. The van der Waals surface area contributed by atoms with Crippen LogP contribution in [0.3, 0.4) is 0 Å². The lowest BCUT2D eigenvalue weighted by Crippen LogP contribution is -2.40. The van der Waals surface area contributed by atoms with Crippen LogP contribution < -0.4 is 10.5 Å². The van der Waals surface area contributed by atoms with Gasteiger partial charge in [-0.1, -0.05) is 19.9 Å². The molecule has 0 aliphatic carbocycles. The molecule has 1 aromatic carbocycles. The van der Waals surface area contributed by atoms with E-state index in [0.29, 0.717) is 5.92 Å². The Balaban J connectivity index is 2.89. The fraction of sp³-hybridized carbons (Fsp3) is 0.538. The average molecular weight is 261 g/mol. The number of benzene rings is 1. The molecular weight excluding hydrogens is 243 g/mol. The Labute approximate surface area is 105 Å². The van der Waals surface area contributed by atoms with Gasteiger partial charge in [-0.05, 0) is 36.1 Å². The Morgan fingerprint density at radius 3 is 2.28 bits per heavy atom. The van der Waals surface area contributed by atoms with E-state index < -0.39 is 18.8 Å². The van der Waals surface area contributed by atoms with Crippen molar-refractivity contribution < 1.29 is 17.9 Å². The van der Waals surface area contributed by atoms with Gasteiger partial charge < -0.3 is 10.5 Å². The summed E-state index contributed by atoms with van der Waals surface area (Å²) in [7, 11) is 0. The zero-order chi connectivity index (χ0) is 13.9. The van der Waals surface area contributed by atoms with Crippen LogP contribution in [-0.4, -0.2) is 18.8 Å². The SMILES string of the molecule is Cc1cc(OC(CN)C(F)(F)F)ccc1C(C)C. The number of ether oxygens (including phenoxy) is 1. The van der Waals surface area contributed by atoms with E-state index in [1.807, 2.05) is 20.8 Å². The van der Waals surface area contributed by atoms with Gasteiger partial charge in [0.2, 0.25) is 6.10 Å². The lowest BCUT2D eigenvalue weighted by atomic mass is 9.98. The van der Waals surface area contributed by atoms with Crippen LogP contribution in [0.5, 0.6) is 5.75 Å². The summed E-state index contributed by atoms with van der Waals surface area (Å²) < 4.78 is 42.4. The van der Waals surface area contributed by atoms with Gasteiger partial charge in [0.1, 0.15) is 5.75 Å². The van der Waals surface area contributed by atoms with E-state index >= 15 is 0 Å². The summed E-state index contributed by atoms with van der Waals surface area (Å²) >= 11 is 0. The summed E-state index contributed by atoms with van der Waals surface area (Å²) in [6, 6.07) is 4.96. The molecule has 18 heavy (non-hydrogen) atoms. The number of aryl methyl sites for hydroxylation is 1. The molecule has 2 nitrogen and oxygen atoms in total. The Hall–Kier alpha value is -1.23. The van der Waals surface area contributed by atoms with Crippen molar-refractivity contribution in [3.63, 3.8) is 0 Å². The highest BCUT2D eigenvalue weighted by molar-refractivity contribution is 5.36. The molecule has 0 aromatic heterocycles. The molecule has 2 N–H and O–H groups in total. The van der Waals surface area contributed by atoms with Crippen molar-refractivity contribution >= 4 is 0 Å². The lowest BCUT2D eigenvalue weighted by Gasteiger charge is -2.21. The number of nitrogens with two attached hydrogens (primary N) is 1.